The normalized spacial score (nSPS) is 13.9. The highest BCUT2D eigenvalue weighted by molar-refractivity contribution is 9.10. The molecule has 4 rings (SSSR count). The third-order valence-electron chi connectivity index (χ3n) is 7.17. The van der Waals surface area contributed by atoms with Crippen molar-refractivity contribution in [1.82, 2.24) is 5.32 Å². The van der Waals surface area contributed by atoms with Crippen LogP contribution in [0.5, 0.6) is 0 Å². The number of carboxylic acid groups (broad SMARTS) is 1. The van der Waals surface area contributed by atoms with Gasteiger partial charge in [-0.15, -0.1) is 0 Å². The maximum Gasteiger partial charge on any atom is 0.416 e. The van der Waals surface area contributed by atoms with Crippen LogP contribution >= 0.6 is 15.9 Å². The van der Waals surface area contributed by atoms with E-state index in [1.807, 2.05) is 12.1 Å². The summed E-state index contributed by atoms with van der Waals surface area (Å²) >= 11 is 3.05. The van der Waals surface area contributed by atoms with Gasteiger partial charge in [-0.1, -0.05) is 46.3 Å². The SMILES string of the molecule is O=C(O)CCNC(=O)c1ccc(CN(/C(=N\CC(F)(F)F)Nc2cc(Br)cc(C(F)(F)F)c2)c2ccc(C3=CCCCC3)cc2)cc1. The molecule has 14 heteroatoms. The number of nitrogens with one attached hydrogen (secondary N) is 2. The van der Waals surface area contributed by atoms with Crippen LogP contribution in [0.2, 0.25) is 0 Å². The highest BCUT2D eigenvalue weighted by atomic mass is 79.9. The van der Waals surface area contributed by atoms with Gasteiger partial charge in [0.1, 0.15) is 6.54 Å². The van der Waals surface area contributed by atoms with E-state index < -0.39 is 36.3 Å². The van der Waals surface area contributed by atoms with E-state index in [2.05, 4.69) is 37.6 Å². The fourth-order valence-electron chi connectivity index (χ4n) is 4.88. The summed E-state index contributed by atoms with van der Waals surface area (Å²) in [4.78, 5) is 28.4. The second-order valence-electron chi connectivity index (χ2n) is 10.8. The number of guanidine groups is 1. The quantitative estimate of drug-likeness (QED) is 0.111. The molecule has 250 valence electrons. The largest absolute Gasteiger partial charge is 0.481 e. The molecule has 0 bridgehead atoms. The Morgan fingerprint density at radius 2 is 1.64 bits per heavy atom. The number of carbonyl (C=O) groups excluding carboxylic acids is 1. The van der Waals surface area contributed by atoms with Crippen LogP contribution in [0.15, 0.2) is 82.3 Å². The Balaban J connectivity index is 1.72. The molecule has 0 saturated heterocycles. The number of carboxylic acids is 1. The molecule has 0 unspecified atom stereocenters. The molecular formula is C33H31BrF6N4O3. The smallest absolute Gasteiger partial charge is 0.416 e. The lowest BCUT2D eigenvalue weighted by atomic mass is 9.93. The van der Waals surface area contributed by atoms with Gasteiger partial charge in [0, 0.05) is 28.0 Å². The van der Waals surface area contributed by atoms with Crippen LogP contribution in [0.25, 0.3) is 5.57 Å². The summed E-state index contributed by atoms with van der Waals surface area (Å²) in [6.07, 6.45) is -3.56. The van der Waals surface area contributed by atoms with Gasteiger partial charge in [0.05, 0.1) is 18.5 Å². The van der Waals surface area contributed by atoms with Gasteiger partial charge in [-0.3, -0.25) is 9.59 Å². The summed E-state index contributed by atoms with van der Waals surface area (Å²) in [6, 6.07) is 16.1. The van der Waals surface area contributed by atoms with E-state index in [1.54, 1.807) is 24.3 Å². The Kier molecular flexibility index (Phi) is 11.7. The fourth-order valence-corrected chi connectivity index (χ4v) is 5.38. The van der Waals surface area contributed by atoms with E-state index in [9.17, 15) is 35.9 Å². The van der Waals surface area contributed by atoms with Crippen molar-refractivity contribution in [2.24, 2.45) is 4.99 Å². The van der Waals surface area contributed by atoms with E-state index in [-0.39, 0.29) is 41.2 Å². The van der Waals surface area contributed by atoms with Crippen molar-refractivity contribution in [1.29, 1.82) is 0 Å². The van der Waals surface area contributed by atoms with Crippen molar-refractivity contribution in [3.05, 3.63) is 99.5 Å². The van der Waals surface area contributed by atoms with Crippen LogP contribution in [0.4, 0.5) is 37.7 Å². The molecular weight excluding hydrogens is 694 g/mol. The maximum atomic E-state index is 13.6. The number of aliphatic imine (C=N–C) groups is 1. The van der Waals surface area contributed by atoms with Crippen LogP contribution in [-0.2, 0) is 17.5 Å². The Morgan fingerprint density at radius 1 is 0.936 bits per heavy atom. The zero-order valence-corrected chi connectivity index (χ0v) is 26.5. The average Bonchev–Trinajstić information content (AvgIpc) is 3.01. The molecule has 1 amide bonds. The zero-order valence-electron chi connectivity index (χ0n) is 24.9. The number of alkyl halides is 6. The lowest BCUT2D eigenvalue weighted by Gasteiger charge is -2.28. The maximum absolute atomic E-state index is 13.6. The van der Waals surface area contributed by atoms with E-state index in [0.717, 1.165) is 49.0 Å². The van der Waals surface area contributed by atoms with Crippen LogP contribution in [0, 0.1) is 0 Å². The first-order chi connectivity index (χ1) is 22.2. The minimum Gasteiger partial charge on any atom is -0.481 e. The number of aliphatic carboxylic acids is 1. The molecule has 0 saturated carbocycles. The highest BCUT2D eigenvalue weighted by Gasteiger charge is 2.32. The summed E-state index contributed by atoms with van der Waals surface area (Å²) in [5, 5.41) is 14.0. The van der Waals surface area contributed by atoms with E-state index in [4.69, 9.17) is 5.11 Å². The van der Waals surface area contributed by atoms with Crippen molar-refractivity contribution < 1.29 is 41.0 Å². The van der Waals surface area contributed by atoms with Gasteiger partial charge in [-0.05, 0) is 84.8 Å². The van der Waals surface area contributed by atoms with E-state index in [0.29, 0.717) is 11.3 Å². The van der Waals surface area contributed by atoms with Crippen LogP contribution in [-0.4, -0.2) is 42.2 Å². The van der Waals surface area contributed by atoms with Crippen molar-refractivity contribution in [3.63, 3.8) is 0 Å². The molecule has 3 aromatic rings. The fraction of sp³-hybridized carbons (Fsp3) is 0.303. The molecule has 0 atom stereocenters. The Hall–Kier alpha value is -4.33. The molecule has 3 N–H and O–H groups in total. The van der Waals surface area contributed by atoms with E-state index >= 15 is 0 Å². The van der Waals surface area contributed by atoms with Crippen LogP contribution < -0.4 is 15.5 Å². The standard InChI is InChI=1S/C33H31BrF6N4O3/c34-26-16-25(33(38,39)40)17-27(18-26)43-31(42-20-32(35,36)37)44(28-12-10-23(11-13-28)22-4-2-1-3-5-22)19-21-6-8-24(9-7-21)30(47)41-15-14-29(45)46/h4,6-13,16-18H,1-3,5,14-15,19-20H2,(H,41,47)(H,42,43)(H,45,46). The molecule has 0 heterocycles. The van der Waals surface area contributed by atoms with E-state index in [1.165, 1.54) is 23.1 Å². The number of hydrogen-bond acceptors (Lipinski definition) is 3. The van der Waals surface area contributed by atoms with Gasteiger partial charge in [0.2, 0.25) is 5.96 Å². The number of halogens is 7. The number of rotatable bonds is 10. The first-order valence-electron chi connectivity index (χ1n) is 14.6. The number of anilines is 2. The monoisotopic (exact) mass is 724 g/mol. The van der Waals surface area contributed by atoms with Crippen molar-refractivity contribution in [2.45, 2.75) is 51.0 Å². The summed E-state index contributed by atoms with van der Waals surface area (Å²) in [5.41, 5.74) is 2.14. The third-order valence-corrected chi connectivity index (χ3v) is 7.62. The number of carbonyl (C=O) groups is 2. The first-order valence-corrected chi connectivity index (χ1v) is 15.4. The highest BCUT2D eigenvalue weighted by Crippen LogP contribution is 2.34. The van der Waals surface area contributed by atoms with Gasteiger partial charge in [-0.2, -0.15) is 26.3 Å². The number of hydrogen-bond donors (Lipinski definition) is 3. The Morgan fingerprint density at radius 3 is 2.23 bits per heavy atom. The second kappa shape index (κ2) is 15.5. The average molecular weight is 726 g/mol. The predicted octanol–water partition coefficient (Wildman–Crippen LogP) is 8.67. The lowest BCUT2D eigenvalue weighted by molar-refractivity contribution is -0.138. The summed E-state index contributed by atoms with van der Waals surface area (Å²) in [6.45, 7) is -1.76. The molecule has 1 aliphatic rings. The molecule has 0 fully saturated rings. The van der Waals surface area contributed by atoms with Gasteiger partial charge in [0.15, 0.2) is 0 Å². The van der Waals surface area contributed by atoms with Crippen molar-refractivity contribution in [2.75, 3.05) is 23.3 Å². The molecule has 47 heavy (non-hydrogen) atoms. The predicted molar refractivity (Wildman–Crippen MR) is 171 cm³/mol. The lowest BCUT2D eigenvalue weighted by Crippen LogP contribution is -2.37. The van der Waals surface area contributed by atoms with Crippen molar-refractivity contribution >= 4 is 50.7 Å². The topological polar surface area (TPSA) is 94.0 Å². The number of amides is 1. The molecule has 1 aliphatic carbocycles. The summed E-state index contributed by atoms with van der Waals surface area (Å²) < 4.78 is 81.2. The minimum absolute atomic E-state index is 0.0545. The molecule has 0 spiro atoms. The molecule has 3 aromatic carbocycles. The molecule has 7 nitrogen and oxygen atoms in total. The number of allylic oxidation sites excluding steroid dienone is 2. The Labute approximate surface area is 275 Å². The summed E-state index contributed by atoms with van der Waals surface area (Å²) in [5.74, 6) is -1.93. The third kappa shape index (κ3) is 10.9. The molecule has 0 aliphatic heterocycles. The van der Waals surface area contributed by atoms with Crippen LogP contribution in [0.1, 0.15) is 59.2 Å². The van der Waals surface area contributed by atoms with Gasteiger partial charge in [-0.25, -0.2) is 4.99 Å². The molecule has 0 radical (unpaired) electrons. The van der Waals surface area contributed by atoms with Crippen LogP contribution in [0.3, 0.4) is 0 Å². The number of nitrogens with zero attached hydrogens (tertiary/aromatic N) is 2. The first kappa shape index (κ1) is 35.5. The molecule has 0 aromatic heterocycles. The minimum atomic E-state index is -4.71. The van der Waals surface area contributed by atoms with Crippen molar-refractivity contribution in [3.8, 4) is 0 Å². The Bertz CT molecular complexity index is 1620. The van der Waals surface area contributed by atoms with Gasteiger partial charge in [0.25, 0.3) is 5.91 Å². The summed E-state index contributed by atoms with van der Waals surface area (Å²) in [7, 11) is 0. The zero-order chi connectivity index (χ0) is 34.2. The second-order valence-corrected chi connectivity index (χ2v) is 11.7. The van der Waals surface area contributed by atoms with Gasteiger partial charge >= 0.3 is 18.3 Å². The number of benzene rings is 3. The van der Waals surface area contributed by atoms with Gasteiger partial charge < -0.3 is 20.6 Å².